The molecule has 1 aliphatic heterocycles. The molecule has 0 bridgehead atoms. The normalized spacial score (nSPS) is 19.3. The fourth-order valence-corrected chi connectivity index (χ4v) is 6.21. The fourth-order valence-electron chi connectivity index (χ4n) is 6.21. The van der Waals surface area contributed by atoms with E-state index >= 15 is 0 Å². The first kappa shape index (κ1) is 19.0. The molecule has 31 heavy (non-hydrogen) atoms. The van der Waals surface area contributed by atoms with Crippen LogP contribution in [0.1, 0.15) is 67.5 Å². The molecule has 0 atom stereocenters. The van der Waals surface area contributed by atoms with E-state index in [1.807, 2.05) is 0 Å². The highest BCUT2D eigenvalue weighted by atomic mass is 15.2. The predicted molar refractivity (Wildman–Crippen MR) is 127 cm³/mol. The number of hydrogen-bond donors (Lipinski definition) is 0. The minimum Gasteiger partial charge on any atom is -0.356 e. The van der Waals surface area contributed by atoms with Crippen molar-refractivity contribution < 1.29 is 0 Å². The van der Waals surface area contributed by atoms with E-state index in [2.05, 4.69) is 59.5 Å². The molecule has 2 heterocycles. The van der Waals surface area contributed by atoms with Gasteiger partial charge < -0.3 is 4.90 Å². The minimum atomic E-state index is 0.213. The Bertz CT molecular complexity index is 1080. The van der Waals surface area contributed by atoms with Crippen LogP contribution in [-0.4, -0.2) is 23.1 Å². The molecule has 1 saturated heterocycles. The monoisotopic (exact) mass is 409 g/mol. The molecule has 0 N–H and O–H groups in total. The van der Waals surface area contributed by atoms with Gasteiger partial charge in [-0.15, -0.1) is 0 Å². The number of benzene rings is 2. The zero-order valence-corrected chi connectivity index (χ0v) is 18.3. The van der Waals surface area contributed by atoms with E-state index in [0.29, 0.717) is 0 Å². The lowest BCUT2D eigenvalue weighted by Gasteiger charge is -2.44. The van der Waals surface area contributed by atoms with Gasteiger partial charge in [-0.05, 0) is 43.2 Å². The third-order valence-electron chi connectivity index (χ3n) is 7.69. The second kappa shape index (κ2) is 7.78. The van der Waals surface area contributed by atoms with E-state index in [1.54, 1.807) is 0 Å². The largest absolute Gasteiger partial charge is 0.356 e. The van der Waals surface area contributed by atoms with Crippen molar-refractivity contribution in [2.75, 3.05) is 18.0 Å². The van der Waals surface area contributed by atoms with Gasteiger partial charge >= 0.3 is 0 Å². The summed E-state index contributed by atoms with van der Waals surface area (Å²) in [6.07, 6.45) is 11.1. The van der Waals surface area contributed by atoms with Crippen molar-refractivity contribution in [2.24, 2.45) is 0 Å². The standard InChI is InChI=1S/C28H31N3/c1-3-11-21(12-4-1)19-24-29-26-23-14-6-5-13-22(23)20-28(15-7-2-8-16-28)25(26)27(30-24)31-17-9-10-18-31/h1,3-6,11-14H,2,7-10,15-20H2. The van der Waals surface area contributed by atoms with Crippen LogP contribution >= 0.6 is 0 Å². The summed E-state index contributed by atoms with van der Waals surface area (Å²) in [6, 6.07) is 19.7. The van der Waals surface area contributed by atoms with Crippen molar-refractivity contribution >= 4 is 5.82 Å². The molecule has 3 aliphatic rings. The molecule has 0 amide bonds. The molecule has 3 heteroatoms. The molecule has 6 rings (SSSR count). The third kappa shape index (κ3) is 3.35. The van der Waals surface area contributed by atoms with Crippen LogP contribution < -0.4 is 4.90 Å². The second-order valence-corrected chi connectivity index (χ2v) is 9.72. The number of nitrogens with zero attached hydrogens (tertiary/aromatic N) is 3. The van der Waals surface area contributed by atoms with Gasteiger partial charge in [0.1, 0.15) is 11.6 Å². The lowest BCUT2D eigenvalue weighted by molar-refractivity contribution is 0.287. The number of anilines is 1. The Hall–Kier alpha value is -2.68. The van der Waals surface area contributed by atoms with E-state index in [-0.39, 0.29) is 5.41 Å². The van der Waals surface area contributed by atoms with Gasteiger partial charge in [0, 0.05) is 36.1 Å². The van der Waals surface area contributed by atoms with Gasteiger partial charge in [-0.3, -0.25) is 0 Å². The quantitative estimate of drug-likeness (QED) is 0.524. The second-order valence-electron chi connectivity index (χ2n) is 9.72. The summed E-state index contributed by atoms with van der Waals surface area (Å²) in [7, 11) is 0. The van der Waals surface area contributed by atoms with Crippen LogP contribution in [0.4, 0.5) is 5.82 Å². The third-order valence-corrected chi connectivity index (χ3v) is 7.69. The average molecular weight is 410 g/mol. The number of fused-ring (bicyclic) bond motifs is 4. The van der Waals surface area contributed by atoms with Gasteiger partial charge in [0.2, 0.25) is 0 Å². The highest BCUT2D eigenvalue weighted by Crippen LogP contribution is 2.52. The van der Waals surface area contributed by atoms with Gasteiger partial charge in [0.05, 0.1) is 5.69 Å². The molecule has 3 aromatic rings. The van der Waals surface area contributed by atoms with E-state index in [0.717, 1.165) is 31.8 Å². The van der Waals surface area contributed by atoms with E-state index in [1.165, 1.54) is 78.7 Å². The summed E-state index contributed by atoms with van der Waals surface area (Å²) in [4.78, 5) is 13.2. The van der Waals surface area contributed by atoms with Crippen LogP contribution in [0.5, 0.6) is 0 Å². The van der Waals surface area contributed by atoms with Gasteiger partial charge in [-0.1, -0.05) is 73.9 Å². The lowest BCUT2D eigenvalue weighted by Crippen LogP contribution is -2.38. The van der Waals surface area contributed by atoms with Crippen molar-refractivity contribution in [1.82, 2.24) is 9.97 Å². The summed E-state index contributed by atoms with van der Waals surface area (Å²) in [5, 5.41) is 0. The van der Waals surface area contributed by atoms with E-state index in [4.69, 9.17) is 9.97 Å². The SMILES string of the molecule is c1ccc(Cc2nc3c(c(N4CCCC4)n2)C2(CCCCC2)Cc2ccccc2-3)cc1. The molecule has 0 radical (unpaired) electrons. The highest BCUT2D eigenvalue weighted by Gasteiger charge is 2.44. The van der Waals surface area contributed by atoms with Crippen LogP contribution in [0, 0.1) is 0 Å². The smallest absolute Gasteiger partial charge is 0.136 e. The summed E-state index contributed by atoms with van der Waals surface area (Å²) in [6.45, 7) is 2.26. The molecule has 1 spiro atoms. The summed E-state index contributed by atoms with van der Waals surface area (Å²) in [5.74, 6) is 2.22. The van der Waals surface area contributed by atoms with E-state index in [9.17, 15) is 0 Å². The first-order valence-corrected chi connectivity index (χ1v) is 12.1. The fraction of sp³-hybridized carbons (Fsp3) is 0.429. The molecule has 0 unspecified atom stereocenters. The van der Waals surface area contributed by atoms with Crippen LogP contribution in [0.15, 0.2) is 54.6 Å². The maximum atomic E-state index is 5.30. The van der Waals surface area contributed by atoms with Gasteiger partial charge in [-0.2, -0.15) is 0 Å². The number of rotatable bonds is 3. The Labute approximate surface area is 185 Å². The Morgan fingerprint density at radius 1 is 0.774 bits per heavy atom. The Kier molecular flexibility index (Phi) is 4.78. The van der Waals surface area contributed by atoms with Crippen molar-refractivity contribution in [2.45, 2.75) is 63.2 Å². The molecule has 2 aromatic carbocycles. The Balaban J connectivity index is 1.57. The molecule has 158 valence electrons. The van der Waals surface area contributed by atoms with Gasteiger partial charge in [0.15, 0.2) is 0 Å². The summed E-state index contributed by atoms with van der Waals surface area (Å²) >= 11 is 0. The maximum absolute atomic E-state index is 5.30. The molecule has 2 fully saturated rings. The van der Waals surface area contributed by atoms with Crippen molar-refractivity contribution in [1.29, 1.82) is 0 Å². The minimum absolute atomic E-state index is 0.213. The molecule has 2 aliphatic carbocycles. The average Bonchev–Trinajstić information content (AvgIpc) is 3.35. The van der Waals surface area contributed by atoms with Crippen LogP contribution in [0.25, 0.3) is 11.3 Å². The highest BCUT2D eigenvalue weighted by molar-refractivity contribution is 5.77. The van der Waals surface area contributed by atoms with Crippen LogP contribution in [-0.2, 0) is 18.3 Å². The number of hydrogen-bond acceptors (Lipinski definition) is 3. The Morgan fingerprint density at radius 3 is 2.32 bits per heavy atom. The first-order valence-electron chi connectivity index (χ1n) is 12.1. The van der Waals surface area contributed by atoms with Crippen molar-refractivity contribution in [3.63, 3.8) is 0 Å². The Morgan fingerprint density at radius 2 is 1.52 bits per heavy atom. The summed E-state index contributed by atoms with van der Waals surface area (Å²) < 4.78 is 0. The lowest BCUT2D eigenvalue weighted by atomic mass is 9.62. The zero-order valence-electron chi connectivity index (χ0n) is 18.3. The zero-order chi connectivity index (χ0) is 20.7. The molecule has 1 saturated carbocycles. The van der Waals surface area contributed by atoms with E-state index < -0.39 is 0 Å². The predicted octanol–water partition coefficient (Wildman–Crippen LogP) is 6.09. The van der Waals surface area contributed by atoms with Crippen molar-refractivity contribution in [3.8, 4) is 11.3 Å². The van der Waals surface area contributed by atoms with Crippen LogP contribution in [0.2, 0.25) is 0 Å². The topological polar surface area (TPSA) is 29.0 Å². The first-order chi connectivity index (χ1) is 15.3. The summed E-state index contributed by atoms with van der Waals surface area (Å²) in [5.41, 5.74) is 7.02. The molecule has 1 aromatic heterocycles. The van der Waals surface area contributed by atoms with Crippen molar-refractivity contribution in [3.05, 3.63) is 77.1 Å². The molecule has 3 nitrogen and oxygen atoms in total. The molecular formula is C28H31N3. The van der Waals surface area contributed by atoms with Gasteiger partial charge in [0.25, 0.3) is 0 Å². The maximum Gasteiger partial charge on any atom is 0.136 e. The molecular weight excluding hydrogens is 378 g/mol. The number of aromatic nitrogens is 2. The van der Waals surface area contributed by atoms with Crippen LogP contribution in [0.3, 0.4) is 0 Å². The van der Waals surface area contributed by atoms with Gasteiger partial charge in [-0.25, -0.2) is 9.97 Å².